The van der Waals surface area contributed by atoms with Gasteiger partial charge < -0.3 is 10.1 Å². The average Bonchev–Trinajstić information content (AvgIpc) is 2.44. The van der Waals surface area contributed by atoms with Crippen LogP contribution in [0.3, 0.4) is 0 Å². The maximum atomic E-state index is 5.96. The van der Waals surface area contributed by atoms with Crippen LogP contribution < -0.4 is 10.1 Å². The van der Waals surface area contributed by atoms with Gasteiger partial charge in [-0.05, 0) is 29.2 Å². The molecule has 2 aromatic rings. The van der Waals surface area contributed by atoms with Gasteiger partial charge in [-0.1, -0.05) is 45.0 Å². The fraction of sp³-hybridized carbons (Fsp3) is 0.353. The van der Waals surface area contributed by atoms with Crippen LogP contribution in [0.4, 0.5) is 5.82 Å². The fourth-order valence-corrected chi connectivity index (χ4v) is 2.06. The monoisotopic (exact) mass is 270 g/mol. The zero-order valence-electron chi connectivity index (χ0n) is 12.6. The van der Waals surface area contributed by atoms with Crippen LogP contribution in [-0.4, -0.2) is 12.0 Å². The fourth-order valence-electron chi connectivity index (χ4n) is 2.06. The molecule has 0 aliphatic heterocycles. The molecule has 106 valence electrons. The predicted molar refractivity (Wildman–Crippen MR) is 83.3 cm³/mol. The smallest absolute Gasteiger partial charge is 0.130 e. The van der Waals surface area contributed by atoms with E-state index in [4.69, 9.17) is 4.74 Å². The predicted octanol–water partition coefficient (Wildman–Crippen LogP) is 4.00. The molecule has 0 spiro atoms. The summed E-state index contributed by atoms with van der Waals surface area (Å²) in [5.41, 5.74) is 2.20. The molecule has 3 nitrogen and oxygen atoms in total. The van der Waals surface area contributed by atoms with Crippen molar-refractivity contribution in [1.82, 2.24) is 4.98 Å². The Morgan fingerprint density at radius 1 is 1.05 bits per heavy atom. The normalized spacial score (nSPS) is 11.2. The van der Waals surface area contributed by atoms with Crippen molar-refractivity contribution in [1.29, 1.82) is 0 Å². The van der Waals surface area contributed by atoms with Crippen LogP contribution in [0.25, 0.3) is 0 Å². The SMILES string of the molecule is CNc1cccc(COc2ccccc2C(C)(C)C)n1. The molecular formula is C17H22N2O. The van der Waals surface area contributed by atoms with E-state index in [0.717, 1.165) is 17.3 Å². The molecule has 0 aliphatic rings. The molecule has 1 N–H and O–H groups in total. The number of para-hydroxylation sites is 1. The number of ether oxygens (including phenoxy) is 1. The second-order valence-corrected chi connectivity index (χ2v) is 5.80. The maximum absolute atomic E-state index is 5.96. The molecule has 0 aliphatic carbocycles. The molecule has 1 aromatic heterocycles. The third-order valence-corrected chi connectivity index (χ3v) is 3.13. The van der Waals surface area contributed by atoms with Gasteiger partial charge >= 0.3 is 0 Å². The van der Waals surface area contributed by atoms with Gasteiger partial charge in [0.2, 0.25) is 0 Å². The lowest BCUT2D eigenvalue weighted by atomic mass is 9.86. The summed E-state index contributed by atoms with van der Waals surface area (Å²) in [5.74, 6) is 1.78. The summed E-state index contributed by atoms with van der Waals surface area (Å²) in [6, 6.07) is 14.1. The first-order valence-corrected chi connectivity index (χ1v) is 6.86. The van der Waals surface area contributed by atoms with Crippen molar-refractivity contribution >= 4 is 5.82 Å². The van der Waals surface area contributed by atoms with Gasteiger partial charge in [-0.25, -0.2) is 4.98 Å². The molecule has 0 saturated carbocycles. The molecule has 0 radical (unpaired) electrons. The topological polar surface area (TPSA) is 34.1 Å². The van der Waals surface area contributed by atoms with Crippen LogP contribution in [0, 0.1) is 0 Å². The summed E-state index contributed by atoms with van der Waals surface area (Å²) in [5, 5.41) is 3.03. The minimum Gasteiger partial charge on any atom is -0.487 e. The van der Waals surface area contributed by atoms with Crippen molar-refractivity contribution in [2.45, 2.75) is 32.8 Å². The van der Waals surface area contributed by atoms with E-state index in [1.54, 1.807) is 0 Å². The van der Waals surface area contributed by atoms with Crippen LogP contribution in [-0.2, 0) is 12.0 Å². The first kappa shape index (κ1) is 14.4. The zero-order chi connectivity index (χ0) is 14.6. The Balaban J connectivity index is 2.15. The van der Waals surface area contributed by atoms with Crippen molar-refractivity contribution < 1.29 is 4.74 Å². The van der Waals surface area contributed by atoms with Gasteiger partial charge in [0.1, 0.15) is 18.2 Å². The van der Waals surface area contributed by atoms with Gasteiger partial charge in [0.25, 0.3) is 0 Å². The van der Waals surface area contributed by atoms with E-state index in [9.17, 15) is 0 Å². The molecule has 0 saturated heterocycles. The number of nitrogens with zero attached hydrogens (tertiary/aromatic N) is 1. The van der Waals surface area contributed by atoms with Gasteiger partial charge in [-0.15, -0.1) is 0 Å². The highest BCUT2D eigenvalue weighted by Gasteiger charge is 2.18. The number of nitrogens with one attached hydrogen (secondary N) is 1. The Bertz CT molecular complexity index is 573. The van der Waals surface area contributed by atoms with Gasteiger partial charge in [0.15, 0.2) is 0 Å². The molecule has 0 bridgehead atoms. The van der Waals surface area contributed by atoms with Gasteiger partial charge in [0, 0.05) is 7.05 Å². The van der Waals surface area contributed by atoms with E-state index >= 15 is 0 Å². The highest BCUT2D eigenvalue weighted by Crippen LogP contribution is 2.31. The third kappa shape index (κ3) is 3.50. The minimum atomic E-state index is 0.0663. The average molecular weight is 270 g/mol. The van der Waals surface area contributed by atoms with E-state index in [0.29, 0.717) is 6.61 Å². The molecule has 0 amide bonds. The largest absolute Gasteiger partial charge is 0.487 e. The Labute approximate surface area is 121 Å². The quantitative estimate of drug-likeness (QED) is 0.911. The summed E-state index contributed by atoms with van der Waals surface area (Å²) in [7, 11) is 1.86. The molecular weight excluding hydrogens is 248 g/mol. The lowest BCUT2D eigenvalue weighted by Crippen LogP contribution is -2.13. The number of hydrogen-bond acceptors (Lipinski definition) is 3. The van der Waals surface area contributed by atoms with Crippen LogP contribution in [0.2, 0.25) is 0 Å². The van der Waals surface area contributed by atoms with Crippen LogP contribution in [0.5, 0.6) is 5.75 Å². The van der Waals surface area contributed by atoms with Crippen molar-refractivity contribution in [3.05, 3.63) is 53.7 Å². The third-order valence-electron chi connectivity index (χ3n) is 3.13. The molecule has 0 atom stereocenters. The van der Waals surface area contributed by atoms with Gasteiger partial charge in [0.05, 0.1) is 5.69 Å². The minimum absolute atomic E-state index is 0.0663. The summed E-state index contributed by atoms with van der Waals surface area (Å²) in [6.07, 6.45) is 0. The Hall–Kier alpha value is -2.03. The first-order valence-electron chi connectivity index (χ1n) is 6.86. The summed E-state index contributed by atoms with van der Waals surface area (Å²) >= 11 is 0. The number of hydrogen-bond donors (Lipinski definition) is 1. The lowest BCUT2D eigenvalue weighted by molar-refractivity contribution is 0.293. The molecule has 20 heavy (non-hydrogen) atoms. The van der Waals surface area contributed by atoms with E-state index in [1.807, 2.05) is 43.4 Å². The number of aromatic nitrogens is 1. The van der Waals surface area contributed by atoms with E-state index in [-0.39, 0.29) is 5.41 Å². The number of anilines is 1. The van der Waals surface area contributed by atoms with Crippen molar-refractivity contribution in [2.75, 3.05) is 12.4 Å². The van der Waals surface area contributed by atoms with E-state index in [2.05, 4.69) is 37.1 Å². The zero-order valence-corrected chi connectivity index (χ0v) is 12.6. The summed E-state index contributed by atoms with van der Waals surface area (Å²) in [4.78, 5) is 4.46. The number of benzene rings is 1. The van der Waals surface area contributed by atoms with Gasteiger partial charge in [-0.2, -0.15) is 0 Å². The second-order valence-electron chi connectivity index (χ2n) is 5.80. The molecule has 3 heteroatoms. The van der Waals surface area contributed by atoms with E-state index in [1.165, 1.54) is 5.56 Å². The maximum Gasteiger partial charge on any atom is 0.130 e. The van der Waals surface area contributed by atoms with Crippen LogP contribution in [0.15, 0.2) is 42.5 Å². The highest BCUT2D eigenvalue weighted by atomic mass is 16.5. The van der Waals surface area contributed by atoms with E-state index < -0.39 is 0 Å². The van der Waals surface area contributed by atoms with Crippen molar-refractivity contribution in [3.8, 4) is 5.75 Å². The highest BCUT2D eigenvalue weighted by molar-refractivity contribution is 5.38. The Morgan fingerprint density at radius 3 is 2.50 bits per heavy atom. The molecule has 0 unspecified atom stereocenters. The molecule has 2 rings (SSSR count). The van der Waals surface area contributed by atoms with Crippen LogP contribution >= 0.6 is 0 Å². The lowest BCUT2D eigenvalue weighted by Gasteiger charge is -2.22. The summed E-state index contributed by atoms with van der Waals surface area (Å²) < 4.78 is 5.96. The van der Waals surface area contributed by atoms with Crippen LogP contribution in [0.1, 0.15) is 32.0 Å². The first-order chi connectivity index (χ1) is 9.50. The molecule has 1 heterocycles. The number of rotatable bonds is 4. The Morgan fingerprint density at radius 2 is 1.80 bits per heavy atom. The van der Waals surface area contributed by atoms with Crippen molar-refractivity contribution in [3.63, 3.8) is 0 Å². The Kier molecular flexibility index (Phi) is 4.28. The molecule has 0 fully saturated rings. The summed E-state index contributed by atoms with van der Waals surface area (Å²) in [6.45, 7) is 7.04. The standard InChI is InChI=1S/C17H22N2O/c1-17(2,3)14-9-5-6-10-15(14)20-12-13-8-7-11-16(18-4)19-13/h5-11H,12H2,1-4H3,(H,18,19). The second kappa shape index (κ2) is 5.95. The van der Waals surface area contributed by atoms with Crippen molar-refractivity contribution in [2.24, 2.45) is 0 Å². The number of pyridine rings is 1. The van der Waals surface area contributed by atoms with Gasteiger partial charge in [-0.3, -0.25) is 0 Å². The molecule has 1 aromatic carbocycles.